The molecule has 0 unspecified atom stereocenters. The smallest absolute Gasteiger partial charge is 0.276 e. The second kappa shape index (κ2) is 8.25. The van der Waals surface area contributed by atoms with Crippen LogP contribution in [-0.2, 0) is 16.4 Å². The molecule has 10 heteroatoms. The van der Waals surface area contributed by atoms with Gasteiger partial charge in [0.25, 0.3) is 5.91 Å². The molecule has 4 heterocycles. The summed E-state index contributed by atoms with van der Waals surface area (Å²) < 4.78 is 40.8. The van der Waals surface area contributed by atoms with Crippen molar-refractivity contribution < 1.29 is 27.2 Å². The summed E-state index contributed by atoms with van der Waals surface area (Å²) in [4.78, 5) is 16.1. The van der Waals surface area contributed by atoms with Gasteiger partial charge in [-0.3, -0.25) is 4.79 Å². The number of sulfone groups is 1. The van der Waals surface area contributed by atoms with Crippen LogP contribution in [0.2, 0.25) is 0 Å². The third kappa shape index (κ3) is 4.12. The topological polar surface area (TPSA) is 98.9 Å². The van der Waals surface area contributed by atoms with E-state index in [0.717, 1.165) is 10.4 Å². The third-order valence-corrected chi connectivity index (χ3v) is 8.51. The minimum absolute atomic E-state index is 0.0317. The Hall–Kier alpha value is -2.85. The van der Waals surface area contributed by atoms with E-state index in [4.69, 9.17) is 14.0 Å². The molecule has 0 N–H and O–H groups in total. The summed E-state index contributed by atoms with van der Waals surface area (Å²) in [6, 6.07) is 8.60. The van der Waals surface area contributed by atoms with E-state index >= 15 is 0 Å². The first-order valence-electron chi connectivity index (χ1n) is 10.3. The highest BCUT2D eigenvalue weighted by Crippen LogP contribution is 2.35. The van der Waals surface area contributed by atoms with Gasteiger partial charge in [0.1, 0.15) is 13.2 Å². The number of carbonyl (C=O) groups is 1. The largest absolute Gasteiger partial charge is 0.486 e. The van der Waals surface area contributed by atoms with E-state index in [2.05, 4.69) is 5.16 Å². The van der Waals surface area contributed by atoms with Crippen molar-refractivity contribution in [3.8, 4) is 22.8 Å². The van der Waals surface area contributed by atoms with Crippen molar-refractivity contribution in [2.75, 3.05) is 24.7 Å². The SMILES string of the molecule is Cc1ccsc1CN(C(=O)c1cc(-c2ccc3c(c2)OCCO3)on1)[C@H]1CCS(=O)(=O)C1. The Morgan fingerprint density at radius 3 is 2.72 bits per heavy atom. The van der Waals surface area contributed by atoms with Gasteiger partial charge in [0.2, 0.25) is 0 Å². The number of carbonyl (C=O) groups excluding carboxylic acids is 1. The average Bonchev–Trinajstić information content (AvgIpc) is 3.51. The number of rotatable bonds is 5. The zero-order valence-electron chi connectivity index (χ0n) is 17.4. The number of benzene rings is 1. The molecule has 1 atom stereocenters. The number of aromatic nitrogens is 1. The molecule has 1 fully saturated rings. The van der Waals surface area contributed by atoms with E-state index in [1.807, 2.05) is 24.4 Å². The lowest BCUT2D eigenvalue weighted by atomic mass is 10.1. The van der Waals surface area contributed by atoms with E-state index in [0.29, 0.717) is 49.0 Å². The Morgan fingerprint density at radius 2 is 2.00 bits per heavy atom. The van der Waals surface area contributed by atoms with E-state index in [-0.39, 0.29) is 29.1 Å². The summed E-state index contributed by atoms with van der Waals surface area (Å²) in [5, 5.41) is 5.97. The number of thiophene rings is 1. The zero-order chi connectivity index (χ0) is 22.3. The highest BCUT2D eigenvalue weighted by molar-refractivity contribution is 7.91. The lowest BCUT2D eigenvalue weighted by molar-refractivity contribution is 0.0672. The Labute approximate surface area is 189 Å². The molecule has 0 bridgehead atoms. The summed E-state index contributed by atoms with van der Waals surface area (Å²) in [5.41, 5.74) is 1.93. The molecular weight excluding hydrogens is 452 g/mol. The Bertz CT molecular complexity index is 1260. The van der Waals surface area contributed by atoms with Crippen LogP contribution in [0, 0.1) is 6.92 Å². The van der Waals surface area contributed by atoms with Gasteiger partial charge in [-0.05, 0) is 48.6 Å². The van der Waals surface area contributed by atoms with Crippen molar-refractivity contribution in [2.24, 2.45) is 0 Å². The van der Waals surface area contributed by atoms with E-state index in [1.165, 1.54) is 0 Å². The molecule has 2 aromatic heterocycles. The normalized spacial score (nSPS) is 19.1. The first kappa shape index (κ1) is 21.0. The van der Waals surface area contributed by atoms with Gasteiger partial charge in [0.05, 0.1) is 18.1 Å². The summed E-state index contributed by atoms with van der Waals surface area (Å²) in [6.07, 6.45) is 0.422. The summed E-state index contributed by atoms with van der Waals surface area (Å²) in [5.74, 6) is 1.42. The van der Waals surface area contributed by atoms with Gasteiger partial charge >= 0.3 is 0 Å². The van der Waals surface area contributed by atoms with Gasteiger partial charge in [-0.25, -0.2) is 8.42 Å². The van der Waals surface area contributed by atoms with Crippen LogP contribution in [0.3, 0.4) is 0 Å². The standard InChI is InChI=1S/C22H22N2O6S2/c1-14-4-8-31-21(14)12-24(16-5-9-32(26,27)13-16)22(25)17-11-19(30-23-17)15-2-3-18-20(10-15)29-7-6-28-18/h2-4,8,10-11,16H,5-7,9,12-13H2,1H3/t16-/m0/s1. The number of ether oxygens (including phenoxy) is 2. The molecule has 0 radical (unpaired) electrons. The van der Waals surface area contributed by atoms with Crippen molar-refractivity contribution in [2.45, 2.75) is 25.9 Å². The van der Waals surface area contributed by atoms with Crippen LogP contribution in [0.1, 0.15) is 27.3 Å². The molecule has 0 aliphatic carbocycles. The second-order valence-electron chi connectivity index (χ2n) is 7.95. The number of amides is 1. The number of hydrogen-bond donors (Lipinski definition) is 0. The van der Waals surface area contributed by atoms with Crippen LogP contribution in [-0.4, -0.2) is 55.1 Å². The van der Waals surface area contributed by atoms with E-state index in [1.54, 1.807) is 34.4 Å². The maximum Gasteiger partial charge on any atom is 0.276 e. The predicted molar refractivity (Wildman–Crippen MR) is 119 cm³/mol. The molecular formula is C22H22N2O6S2. The van der Waals surface area contributed by atoms with Crippen LogP contribution in [0.25, 0.3) is 11.3 Å². The molecule has 3 aromatic rings. The van der Waals surface area contributed by atoms with Crippen molar-refractivity contribution in [1.82, 2.24) is 10.1 Å². The fourth-order valence-corrected chi connectivity index (χ4v) is 6.60. The van der Waals surface area contributed by atoms with Crippen molar-refractivity contribution in [3.05, 3.63) is 51.8 Å². The Balaban J connectivity index is 1.43. The average molecular weight is 475 g/mol. The van der Waals surface area contributed by atoms with Gasteiger partial charge < -0.3 is 18.9 Å². The minimum Gasteiger partial charge on any atom is -0.486 e. The van der Waals surface area contributed by atoms with Crippen LogP contribution in [0.4, 0.5) is 0 Å². The van der Waals surface area contributed by atoms with Gasteiger partial charge in [0, 0.05) is 22.5 Å². The highest BCUT2D eigenvalue weighted by atomic mass is 32.2. The van der Waals surface area contributed by atoms with Crippen molar-refractivity contribution in [1.29, 1.82) is 0 Å². The highest BCUT2D eigenvalue weighted by Gasteiger charge is 2.36. The fraction of sp³-hybridized carbons (Fsp3) is 0.364. The molecule has 2 aliphatic heterocycles. The molecule has 0 spiro atoms. The number of aryl methyl sites for hydroxylation is 1. The molecule has 168 valence electrons. The molecule has 1 saturated heterocycles. The van der Waals surface area contributed by atoms with Crippen LogP contribution in [0.15, 0.2) is 40.2 Å². The van der Waals surface area contributed by atoms with Gasteiger partial charge in [-0.2, -0.15) is 0 Å². The summed E-state index contributed by atoms with van der Waals surface area (Å²) >= 11 is 1.55. The van der Waals surface area contributed by atoms with Crippen LogP contribution < -0.4 is 9.47 Å². The molecule has 1 aromatic carbocycles. The summed E-state index contributed by atoms with van der Waals surface area (Å²) in [6.45, 7) is 3.30. The maximum atomic E-state index is 13.4. The molecule has 32 heavy (non-hydrogen) atoms. The molecule has 8 nitrogen and oxygen atoms in total. The Kier molecular flexibility index (Phi) is 5.42. The minimum atomic E-state index is -3.15. The summed E-state index contributed by atoms with van der Waals surface area (Å²) in [7, 11) is -3.15. The number of nitrogens with zero attached hydrogens (tertiary/aromatic N) is 2. The second-order valence-corrected chi connectivity index (χ2v) is 11.2. The lowest BCUT2D eigenvalue weighted by Gasteiger charge is -2.27. The first-order chi connectivity index (χ1) is 15.4. The maximum absolute atomic E-state index is 13.4. The van der Waals surface area contributed by atoms with Crippen LogP contribution >= 0.6 is 11.3 Å². The van der Waals surface area contributed by atoms with Crippen molar-refractivity contribution in [3.63, 3.8) is 0 Å². The zero-order valence-corrected chi connectivity index (χ0v) is 19.1. The quantitative estimate of drug-likeness (QED) is 0.559. The fourth-order valence-electron chi connectivity index (χ4n) is 3.96. The number of hydrogen-bond acceptors (Lipinski definition) is 8. The van der Waals surface area contributed by atoms with Gasteiger partial charge in [-0.1, -0.05) is 5.16 Å². The molecule has 2 aliphatic rings. The van der Waals surface area contributed by atoms with Gasteiger partial charge in [-0.15, -0.1) is 11.3 Å². The Morgan fingerprint density at radius 1 is 1.19 bits per heavy atom. The number of fused-ring (bicyclic) bond motifs is 1. The molecule has 5 rings (SSSR count). The monoisotopic (exact) mass is 474 g/mol. The molecule has 1 amide bonds. The first-order valence-corrected chi connectivity index (χ1v) is 13.0. The van der Waals surface area contributed by atoms with Gasteiger partial charge in [0.15, 0.2) is 32.8 Å². The third-order valence-electron chi connectivity index (χ3n) is 5.75. The van der Waals surface area contributed by atoms with E-state index in [9.17, 15) is 13.2 Å². The van der Waals surface area contributed by atoms with E-state index < -0.39 is 9.84 Å². The van der Waals surface area contributed by atoms with Crippen molar-refractivity contribution >= 4 is 27.1 Å². The van der Waals surface area contributed by atoms with Crippen LogP contribution in [0.5, 0.6) is 11.5 Å². The molecule has 0 saturated carbocycles. The predicted octanol–water partition coefficient (Wildman–Crippen LogP) is 3.31. The lowest BCUT2D eigenvalue weighted by Crippen LogP contribution is -2.40.